The number of hydrogen-bond acceptors (Lipinski definition) is 6. The first-order valence-corrected chi connectivity index (χ1v) is 16.6. The van der Waals surface area contributed by atoms with E-state index in [4.69, 9.17) is 30.3 Å². The average Bonchev–Trinajstić information content (AvgIpc) is 3.40. The Kier molecular flexibility index (Phi) is 7.31. The largest absolute Gasteiger partial charge is 0.497 e. The van der Waals surface area contributed by atoms with Gasteiger partial charge in [0.15, 0.2) is 22.8 Å². The minimum atomic E-state index is -0.940. The average molecular weight is 651 g/mol. The van der Waals surface area contributed by atoms with Crippen LogP contribution >= 0.6 is 0 Å². The number of ether oxygens (including phenoxy) is 5. The van der Waals surface area contributed by atoms with E-state index in [0.717, 1.165) is 87.6 Å². The van der Waals surface area contributed by atoms with Gasteiger partial charge < -0.3 is 28.6 Å². The maximum Gasteiger partial charge on any atom is 0.187 e. The number of benzene rings is 5. The van der Waals surface area contributed by atoms with Gasteiger partial charge in [0, 0.05) is 46.3 Å². The van der Waals surface area contributed by atoms with E-state index in [1.807, 2.05) is 30.3 Å². The highest BCUT2D eigenvalue weighted by Gasteiger charge is 2.44. The summed E-state index contributed by atoms with van der Waals surface area (Å²) >= 11 is 0. The smallest absolute Gasteiger partial charge is 0.187 e. The van der Waals surface area contributed by atoms with Gasteiger partial charge in [0.05, 0.1) is 41.1 Å². The molecule has 8 rings (SSSR count). The van der Waals surface area contributed by atoms with Crippen molar-refractivity contribution in [3.8, 4) is 34.1 Å². The monoisotopic (exact) mass is 650 g/mol. The molecule has 3 aliphatic rings. The van der Waals surface area contributed by atoms with Crippen molar-refractivity contribution < 1.29 is 23.7 Å². The minimum Gasteiger partial charge on any atom is -0.497 e. The van der Waals surface area contributed by atoms with Crippen molar-refractivity contribution in [2.45, 2.75) is 24.9 Å². The molecular formula is C42H38N2O5. The Balaban J connectivity index is 1.39. The number of hydrogen-bond donors (Lipinski definition) is 0. The minimum absolute atomic E-state index is 0.398. The van der Waals surface area contributed by atoms with Crippen LogP contribution < -0.4 is 23.8 Å². The number of rotatable bonds is 6. The zero-order chi connectivity index (χ0) is 33.9. The van der Waals surface area contributed by atoms with E-state index in [0.29, 0.717) is 17.2 Å². The van der Waals surface area contributed by atoms with E-state index >= 15 is 0 Å². The maximum atomic E-state index is 7.73. The van der Waals surface area contributed by atoms with E-state index in [2.05, 4.69) is 84.3 Å². The van der Waals surface area contributed by atoms with Crippen LogP contribution in [-0.4, -0.2) is 47.6 Å². The fourth-order valence-electron chi connectivity index (χ4n) is 7.92. The second-order valence-electron chi connectivity index (χ2n) is 13.3. The van der Waals surface area contributed by atoms with Crippen molar-refractivity contribution in [2.24, 2.45) is 0 Å². The number of anilines is 1. The molecule has 0 N–H and O–H groups in total. The fraction of sp³-hybridized carbons (Fsp3) is 0.262. The van der Waals surface area contributed by atoms with Crippen molar-refractivity contribution in [3.05, 3.63) is 124 Å². The first kappa shape index (κ1) is 30.9. The number of methoxy groups -OCH3 is 3. The van der Waals surface area contributed by atoms with Crippen molar-refractivity contribution in [3.63, 3.8) is 0 Å². The molecule has 7 heteroatoms. The van der Waals surface area contributed by atoms with Crippen molar-refractivity contribution >= 4 is 28.2 Å². The van der Waals surface area contributed by atoms with E-state index in [1.54, 1.807) is 21.3 Å². The molecule has 0 bridgehead atoms. The summed E-state index contributed by atoms with van der Waals surface area (Å²) in [5, 5.41) is 1.94. The number of nitrogens with zero attached hydrogens (tertiary/aromatic N) is 2. The molecule has 1 atom stereocenters. The zero-order valence-corrected chi connectivity index (χ0v) is 28.4. The third-order valence-corrected chi connectivity index (χ3v) is 10.4. The van der Waals surface area contributed by atoms with Gasteiger partial charge in [-0.15, -0.1) is 0 Å². The van der Waals surface area contributed by atoms with Crippen LogP contribution in [0.15, 0.2) is 84.9 Å². The molecule has 2 aliphatic heterocycles. The van der Waals surface area contributed by atoms with Crippen LogP contribution in [0.5, 0.6) is 23.0 Å². The Bertz CT molecular complexity index is 2170. The third-order valence-electron chi connectivity index (χ3n) is 10.4. The summed E-state index contributed by atoms with van der Waals surface area (Å²) < 4.78 is 30.3. The molecule has 1 aliphatic carbocycles. The molecule has 0 aromatic heterocycles. The Morgan fingerprint density at radius 3 is 2.06 bits per heavy atom. The molecule has 2 heterocycles. The molecule has 0 radical (unpaired) electrons. The van der Waals surface area contributed by atoms with E-state index < -0.39 is 11.0 Å². The Morgan fingerprint density at radius 1 is 0.776 bits per heavy atom. The topological polar surface area (TPSA) is 53.8 Å². The van der Waals surface area contributed by atoms with Gasteiger partial charge in [0.25, 0.3) is 0 Å². The van der Waals surface area contributed by atoms with Gasteiger partial charge in [-0.25, -0.2) is 4.85 Å². The van der Waals surface area contributed by atoms with Crippen LogP contribution in [0, 0.1) is 6.57 Å². The van der Waals surface area contributed by atoms with Crippen molar-refractivity contribution in [1.29, 1.82) is 0 Å². The third kappa shape index (κ3) is 4.66. The van der Waals surface area contributed by atoms with Gasteiger partial charge >= 0.3 is 0 Å². The highest BCUT2D eigenvalue weighted by Crippen LogP contribution is 2.59. The first-order valence-electron chi connectivity index (χ1n) is 16.6. The molecule has 0 spiro atoms. The van der Waals surface area contributed by atoms with Crippen LogP contribution in [0.25, 0.3) is 32.8 Å². The second-order valence-corrected chi connectivity index (χ2v) is 13.3. The Hall–Kier alpha value is -5.45. The van der Waals surface area contributed by atoms with E-state index in [-0.39, 0.29) is 0 Å². The van der Waals surface area contributed by atoms with Gasteiger partial charge in [-0.1, -0.05) is 62.4 Å². The van der Waals surface area contributed by atoms with Crippen LogP contribution in [0.3, 0.4) is 0 Å². The fourth-order valence-corrected chi connectivity index (χ4v) is 7.92. The molecule has 7 nitrogen and oxygen atoms in total. The van der Waals surface area contributed by atoms with Gasteiger partial charge in [-0.3, -0.25) is 0 Å². The molecule has 49 heavy (non-hydrogen) atoms. The van der Waals surface area contributed by atoms with Crippen molar-refractivity contribution in [1.82, 2.24) is 0 Å². The lowest BCUT2D eigenvalue weighted by molar-refractivity contribution is 0.122. The molecule has 1 fully saturated rings. The highest BCUT2D eigenvalue weighted by atomic mass is 16.5. The highest BCUT2D eigenvalue weighted by molar-refractivity contribution is 6.09. The van der Waals surface area contributed by atoms with Crippen LogP contribution in [0.1, 0.15) is 41.7 Å². The van der Waals surface area contributed by atoms with Gasteiger partial charge in [0.1, 0.15) is 11.5 Å². The molecule has 5 aromatic carbocycles. The van der Waals surface area contributed by atoms with Gasteiger partial charge in [0.2, 0.25) is 0 Å². The van der Waals surface area contributed by atoms with Crippen LogP contribution in [0.4, 0.5) is 11.4 Å². The lowest BCUT2D eigenvalue weighted by Crippen LogP contribution is -2.37. The standard InChI is InChI=1S/C42H38N2O5/c1-41(2)35-23-28(43-3)11-16-31(35)38-33-24-36(46-5)37(47-6)25-34(33)40-32(39(38)41)17-18-42(49-40,27-9-14-30(45-4)15-10-27)26-7-12-29(13-8-26)44-19-21-48-22-20-44/h7-18,23-25H,19-22H2,1-2,4-6H3. The molecular weight excluding hydrogens is 612 g/mol. The summed E-state index contributed by atoms with van der Waals surface area (Å²) in [5.41, 5.74) is 8.00. The summed E-state index contributed by atoms with van der Waals surface area (Å²) in [7, 11) is 5.00. The van der Waals surface area contributed by atoms with Crippen LogP contribution in [0.2, 0.25) is 0 Å². The molecule has 1 saturated heterocycles. The Labute approximate surface area is 287 Å². The lowest BCUT2D eigenvalue weighted by atomic mass is 9.76. The maximum absolute atomic E-state index is 7.73. The Morgan fingerprint density at radius 2 is 1.43 bits per heavy atom. The second kappa shape index (κ2) is 11.6. The molecule has 0 amide bonds. The molecule has 1 unspecified atom stereocenters. The summed E-state index contributed by atoms with van der Waals surface area (Å²) in [4.78, 5) is 6.12. The van der Waals surface area contributed by atoms with Gasteiger partial charge in [-0.2, -0.15) is 0 Å². The summed E-state index contributed by atoms with van der Waals surface area (Å²) in [6.07, 6.45) is 4.43. The predicted molar refractivity (Wildman–Crippen MR) is 194 cm³/mol. The molecule has 5 aromatic rings. The van der Waals surface area contributed by atoms with Gasteiger partial charge in [-0.05, 0) is 70.1 Å². The first-order chi connectivity index (χ1) is 23.8. The van der Waals surface area contributed by atoms with Crippen molar-refractivity contribution in [2.75, 3.05) is 52.5 Å². The zero-order valence-electron chi connectivity index (χ0n) is 28.4. The summed E-state index contributed by atoms with van der Waals surface area (Å²) in [5.74, 6) is 2.82. The normalized spacial score (nSPS) is 18.6. The SMILES string of the molecule is [C-]#[N+]c1ccc2c(c1)C(C)(C)c1c3c(c4cc(OC)c(OC)cc4c1-2)OC(c1ccc(OC)cc1)(c1ccc(N2CCOCC2)cc1)C=C3. The van der Waals surface area contributed by atoms with E-state index in [1.165, 1.54) is 5.56 Å². The summed E-state index contributed by atoms with van der Waals surface area (Å²) in [6, 6.07) is 27.0. The predicted octanol–water partition coefficient (Wildman–Crippen LogP) is 8.91. The number of fused-ring (bicyclic) bond motifs is 8. The molecule has 246 valence electrons. The lowest BCUT2D eigenvalue weighted by Gasteiger charge is -2.39. The quantitative estimate of drug-likeness (QED) is 0.171. The summed E-state index contributed by atoms with van der Waals surface area (Å²) in [6.45, 7) is 15.4. The molecule has 0 saturated carbocycles. The van der Waals surface area contributed by atoms with Crippen LogP contribution in [-0.2, 0) is 15.8 Å². The number of morpholine rings is 1. The van der Waals surface area contributed by atoms with E-state index in [9.17, 15) is 0 Å².